The van der Waals surface area contributed by atoms with E-state index in [0.29, 0.717) is 67.4 Å². The minimum Gasteiger partial charge on any atom is -0.486 e. The Hall–Kier alpha value is -2.94. The van der Waals surface area contributed by atoms with E-state index in [0.717, 1.165) is 24.2 Å². The number of piperidine rings is 1. The molecule has 0 spiro atoms. The van der Waals surface area contributed by atoms with E-state index in [-0.39, 0.29) is 36.4 Å². The van der Waals surface area contributed by atoms with E-state index in [1.807, 2.05) is 6.07 Å². The first kappa shape index (κ1) is 28.6. The Kier molecular flexibility index (Phi) is 9.70. The number of nitrogens with one attached hydrogen (secondary N) is 1. The number of hydrogen-bond donors (Lipinski definition) is 2. The van der Waals surface area contributed by atoms with Gasteiger partial charge in [-0.15, -0.1) is 24.8 Å². The van der Waals surface area contributed by atoms with Gasteiger partial charge in [0.2, 0.25) is 0 Å². The molecule has 5 heterocycles. The highest BCUT2D eigenvalue weighted by Gasteiger charge is 2.28. The van der Waals surface area contributed by atoms with Crippen LogP contribution < -0.4 is 20.3 Å². The van der Waals surface area contributed by atoms with E-state index >= 15 is 0 Å². The largest absolute Gasteiger partial charge is 0.486 e. The van der Waals surface area contributed by atoms with Gasteiger partial charge >= 0.3 is 0 Å². The first-order valence-corrected chi connectivity index (χ1v) is 11.8. The zero-order chi connectivity index (χ0) is 24.4. The van der Waals surface area contributed by atoms with Gasteiger partial charge in [-0.25, -0.2) is 0 Å². The zero-order valence-corrected chi connectivity index (χ0v) is 22.1. The van der Waals surface area contributed by atoms with Gasteiger partial charge in [0.1, 0.15) is 19.3 Å². The Bertz CT molecular complexity index is 1350. The maximum Gasteiger partial charge on any atom is 0.250 e. The molecule has 10 nitrogen and oxygen atoms in total. The molecule has 0 bridgehead atoms. The SMILES string of the molecule is Cl.Cl.Cn1c(=O)ccc2ncc(C#N)c(CCN3CC[C@H](NCc4cc5c(cn4)OCCO5)[C@H](O)C3)c21. The fourth-order valence-corrected chi connectivity index (χ4v) is 4.80. The Balaban J connectivity index is 0.00000190. The predicted octanol–water partition coefficient (Wildman–Crippen LogP) is 1.58. The van der Waals surface area contributed by atoms with Crippen LogP contribution in [-0.4, -0.2) is 69.5 Å². The third-order valence-corrected chi connectivity index (χ3v) is 6.73. The van der Waals surface area contributed by atoms with E-state index in [2.05, 4.69) is 26.3 Å². The molecule has 37 heavy (non-hydrogen) atoms. The third-order valence-electron chi connectivity index (χ3n) is 6.73. The summed E-state index contributed by atoms with van der Waals surface area (Å²) in [7, 11) is 1.70. The number of aryl methyl sites for hydroxylation is 1. The van der Waals surface area contributed by atoms with Crippen molar-refractivity contribution in [1.82, 2.24) is 24.8 Å². The Morgan fingerprint density at radius 1 is 1.19 bits per heavy atom. The van der Waals surface area contributed by atoms with Crippen LogP contribution in [0.2, 0.25) is 0 Å². The smallest absolute Gasteiger partial charge is 0.250 e. The van der Waals surface area contributed by atoms with E-state index in [1.54, 1.807) is 30.1 Å². The minimum atomic E-state index is -0.532. The maximum absolute atomic E-state index is 12.2. The molecule has 3 aromatic rings. The molecule has 1 saturated heterocycles. The second-order valence-electron chi connectivity index (χ2n) is 8.94. The van der Waals surface area contributed by atoms with Crippen molar-refractivity contribution in [3.8, 4) is 17.6 Å². The number of hydrogen-bond acceptors (Lipinski definition) is 9. The van der Waals surface area contributed by atoms with Crippen molar-refractivity contribution in [2.24, 2.45) is 7.05 Å². The summed E-state index contributed by atoms with van der Waals surface area (Å²) in [4.78, 5) is 23.1. The number of β-amino-alcohol motifs (C(OH)–C–C–N with tert-alkyl or cyclic N) is 1. The van der Waals surface area contributed by atoms with Crippen molar-refractivity contribution in [1.29, 1.82) is 5.26 Å². The van der Waals surface area contributed by atoms with Gasteiger partial charge in [0.05, 0.1) is 34.6 Å². The average Bonchev–Trinajstić information content (AvgIpc) is 2.88. The maximum atomic E-state index is 12.2. The Morgan fingerprint density at radius 3 is 2.73 bits per heavy atom. The molecule has 0 aromatic carbocycles. The van der Waals surface area contributed by atoms with E-state index < -0.39 is 6.10 Å². The van der Waals surface area contributed by atoms with Gasteiger partial charge in [0.15, 0.2) is 11.5 Å². The lowest BCUT2D eigenvalue weighted by Crippen LogP contribution is -2.52. The van der Waals surface area contributed by atoms with Crippen LogP contribution in [0.4, 0.5) is 0 Å². The van der Waals surface area contributed by atoms with Crippen LogP contribution in [-0.2, 0) is 20.0 Å². The van der Waals surface area contributed by atoms with Crippen LogP contribution in [0, 0.1) is 11.3 Å². The molecule has 0 radical (unpaired) electrons. The van der Waals surface area contributed by atoms with Gasteiger partial charge in [-0.3, -0.25) is 14.8 Å². The number of nitrogens with zero attached hydrogens (tertiary/aromatic N) is 5. The lowest BCUT2D eigenvalue weighted by molar-refractivity contribution is 0.0403. The van der Waals surface area contributed by atoms with Crippen LogP contribution in [0.15, 0.2) is 35.4 Å². The van der Waals surface area contributed by atoms with Crippen molar-refractivity contribution < 1.29 is 14.6 Å². The highest BCUT2D eigenvalue weighted by Crippen LogP contribution is 2.29. The molecular formula is C25H30Cl2N6O4. The topological polar surface area (TPSA) is 126 Å². The van der Waals surface area contributed by atoms with E-state index in [9.17, 15) is 15.2 Å². The molecular weight excluding hydrogens is 519 g/mol. The van der Waals surface area contributed by atoms with Crippen LogP contribution in [0.1, 0.15) is 23.2 Å². The fraction of sp³-hybridized carbons (Fsp3) is 0.440. The summed E-state index contributed by atoms with van der Waals surface area (Å²) < 4.78 is 12.7. The molecule has 2 N–H and O–H groups in total. The quantitative estimate of drug-likeness (QED) is 0.472. The van der Waals surface area contributed by atoms with Crippen molar-refractivity contribution in [3.05, 3.63) is 57.8 Å². The number of halogens is 2. The molecule has 0 amide bonds. The monoisotopic (exact) mass is 548 g/mol. The van der Waals surface area contributed by atoms with Crippen LogP contribution in [0.3, 0.4) is 0 Å². The minimum absolute atomic E-state index is 0. The molecule has 5 rings (SSSR count). The molecule has 0 unspecified atom stereocenters. The van der Waals surface area contributed by atoms with Gasteiger partial charge in [-0.05, 0) is 31.0 Å². The summed E-state index contributed by atoms with van der Waals surface area (Å²) in [5, 5.41) is 23.8. The Morgan fingerprint density at radius 2 is 1.97 bits per heavy atom. The summed E-state index contributed by atoms with van der Waals surface area (Å²) in [6, 6.07) is 7.22. The zero-order valence-electron chi connectivity index (χ0n) is 20.4. The number of pyridine rings is 3. The first-order valence-electron chi connectivity index (χ1n) is 11.8. The lowest BCUT2D eigenvalue weighted by atomic mass is 10.00. The molecule has 1 fully saturated rings. The number of fused-ring (bicyclic) bond motifs is 2. The molecule has 2 atom stereocenters. The molecule has 2 aliphatic heterocycles. The lowest BCUT2D eigenvalue weighted by Gasteiger charge is -2.36. The number of aromatic nitrogens is 3. The number of nitriles is 1. The third kappa shape index (κ3) is 6.14. The summed E-state index contributed by atoms with van der Waals surface area (Å²) in [5.41, 5.74) is 3.38. The fourth-order valence-electron chi connectivity index (χ4n) is 4.80. The van der Waals surface area contributed by atoms with Crippen LogP contribution in [0.25, 0.3) is 11.0 Å². The summed E-state index contributed by atoms with van der Waals surface area (Å²) in [5.74, 6) is 1.37. The summed E-state index contributed by atoms with van der Waals surface area (Å²) in [6.45, 7) is 3.60. The second kappa shape index (κ2) is 12.5. The number of likely N-dealkylation sites (tertiary alicyclic amines) is 1. The van der Waals surface area contributed by atoms with E-state index in [1.165, 1.54) is 6.07 Å². The second-order valence-corrected chi connectivity index (χ2v) is 8.94. The standard InChI is InChI=1S/C25H28N6O4.2ClH/c1-30-24(33)3-2-20-25(30)18(16(11-26)12-28-20)4-6-31-7-5-19(21(32)15-31)29-13-17-10-22-23(14-27-17)35-9-8-34-22;;/h2-3,10,12,14,19,21,29,32H,4-9,13,15H2,1H3;2*1H/t19-,21+;;/m0../s1. The van der Waals surface area contributed by atoms with Crippen molar-refractivity contribution >= 4 is 35.8 Å². The number of aliphatic hydroxyl groups excluding tert-OH is 1. The molecule has 0 aliphatic carbocycles. The Labute approximate surface area is 227 Å². The van der Waals surface area contributed by atoms with E-state index in [4.69, 9.17) is 9.47 Å². The van der Waals surface area contributed by atoms with Gasteiger partial charge in [0, 0.05) is 51.1 Å². The summed E-state index contributed by atoms with van der Waals surface area (Å²) in [6.07, 6.45) is 4.09. The van der Waals surface area contributed by atoms with Gasteiger partial charge in [-0.1, -0.05) is 0 Å². The number of aliphatic hydroxyl groups is 1. The molecule has 2 aliphatic rings. The van der Waals surface area contributed by atoms with Gasteiger partial charge < -0.3 is 29.4 Å². The average molecular weight is 549 g/mol. The van der Waals surface area contributed by atoms with Crippen molar-refractivity contribution in [2.45, 2.75) is 31.5 Å². The highest BCUT2D eigenvalue weighted by atomic mass is 35.5. The van der Waals surface area contributed by atoms with Crippen molar-refractivity contribution in [2.75, 3.05) is 32.8 Å². The summed E-state index contributed by atoms with van der Waals surface area (Å²) >= 11 is 0. The number of rotatable bonds is 6. The first-order chi connectivity index (χ1) is 17.0. The molecule has 12 heteroatoms. The molecule has 3 aromatic heterocycles. The normalized spacial score (nSPS) is 18.9. The van der Waals surface area contributed by atoms with Gasteiger partial charge in [0.25, 0.3) is 5.56 Å². The van der Waals surface area contributed by atoms with Crippen LogP contribution >= 0.6 is 24.8 Å². The number of ether oxygens (including phenoxy) is 2. The highest BCUT2D eigenvalue weighted by molar-refractivity contribution is 5.85. The predicted molar refractivity (Wildman–Crippen MR) is 143 cm³/mol. The van der Waals surface area contributed by atoms with Crippen molar-refractivity contribution in [3.63, 3.8) is 0 Å². The molecule has 198 valence electrons. The molecule has 0 saturated carbocycles. The van der Waals surface area contributed by atoms with Gasteiger partial charge in [-0.2, -0.15) is 5.26 Å². The van der Waals surface area contributed by atoms with Crippen LogP contribution in [0.5, 0.6) is 11.5 Å².